The molecule has 0 amide bonds. The summed E-state index contributed by atoms with van der Waals surface area (Å²) in [4.78, 5) is 0. The van der Waals surface area contributed by atoms with Crippen LogP contribution in [0.25, 0.3) is 0 Å². The molecule has 1 aromatic carbocycles. The topological polar surface area (TPSA) is 9.23 Å². The monoisotopic (exact) mass is 146 g/mol. The van der Waals surface area contributed by atoms with Gasteiger partial charge in [0.1, 0.15) is 0 Å². The van der Waals surface area contributed by atoms with Crippen LogP contribution < -0.4 is 4.74 Å². The quantitative estimate of drug-likeness (QED) is 0.575. The summed E-state index contributed by atoms with van der Waals surface area (Å²) < 4.78 is 5.07. The molecule has 0 N–H and O–H groups in total. The van der Waals surface area contributed by atoms with Crippen molar-refractivity contribution in [3.8, 4) is 5.75 Å². The van der Waals surface area contributed by atoms with Crippen molar-refractivity contribution in [1.82, 2.24) is 0 Å². The fraction of sp³-hybridized carbons (Fsp3) is 0.222. The zero-order chi connectivity index (χ0) is 8.10. The van der Waals surface area contributed by atoms with Crippen LogP contribution in [-0.2, 0) is 0 Å². The Kier molecular flexibility index (Phi) is 2.90. The molecule has 0 saturated heterocycles. The molecule has 0 unspecified atom stereocenters. The molecule has 0 atom stereocenters. The van der Waals surface area contributed by atoms with Crippen LogP contribution in [0.2, 0.25) is 6.82 Å². The molecular weight excluding hydrogens is 135 g/mol. The van der Waals surface area contributed by atoms with Crippen molar-refractivity contribution < 1.29 is 4.74 Å². The van der Waals surface area contributed by atoms with Crippen LogP contribution in [0.15, 0.2) is 24.3 Å². The average molecular weight is 146 g/mol. The molecule has 0 aliphatic rings. The molecule has 0 saturated carbocycles. The number of hydrogen-bond acceptors (Lipinski definition) is 1. The molecule has 0 spiro atoms. The van der Waals surface area contributed by atoms with E-state index in [1.54, 1.807) is 7.11 Å². The molecule has 0 radical (unpaired) electrons. The Morgan fingerprint density at radius 3 is 2.91 bits per heavy atom. The molecule has 0 aliphatic heterocycles. The predicted molar refractivity (Wildman–Crippen MR) is 49.8 cm³/mol. The van der Waals surface area contributed by atoms with Crippen LogP contribution in [0.3, 0.4) is 0 Å². The second kappa shape index (κ2) is 3.96. The molecule has 0 fully saturated rings. The second-order valence-corrected chi connectivity index (χ2v) is 2.28. The molecular formula is C9H11BO. The van der Waals surface area contributed by atoms with Gasteiger partial charge < -0.3 is 0 Å². The van der Waals surface area contributed by atoms with Crippen molar-refractivity contribution >= 4 is 12.9 Å². The van der Waals surface area contributed by atoms with Crippen molar-refractivity contribution in [3.05, 3.63) is 29.8 Å². The molecule has 1 nitrogen and oxygen atoms in total. The Bertz CT molecular complexity index is 255. The van der Waals surface area contributed by atoms with Gasteiger partial charge in [-0.3, -0.25) is 0 Å². The van der Waals surface area contributed by atoms with E-state index >= 15 is 0 Å². The molecule has 0 heterocycles. The van der Waals surface area contributed by atoms with Crippen molar-refractivity contribution in [3.63, 3.8) is 0 Å². The van der Waals surface area contributed by atoms with E-state index in [1.165, 1.54) is 5.56 Å². The van der Waals surface area contributed by atoms with Crippen LogP contribution in [0.5, 0.6) is 5.75 Å². The minimum absolute atomic E-state index is 0.903. The number of benzene rings is 1. The zero-order valence-electron chi connectivity index (χ0n) is 6.87. The van der Waals surface area contributed by atoms with Crippen molar-refractivity contribution in [2.75, 3.05) is 7.11 Å². The van der Waals surface area contributed by atoms with Gasteiger partial charge in [-0.15, -0.1) is 0 Å². The van der Waals surface area contributed by atoms with E-state index in [-0.39, 0.29) is 0 Å². The number of ether oxygens (including phenoxy) is 1. The van der Waals surface area contributed by atoms with Crippen molar-refractivity contribution in [1.29, 1.82) is 0 Å². The van der Waals surface area contributed by atoms with Gasteiger partial charge in [0.2, 0.25) is 0 Å². The van der Waals surface area contributed by atoms with E-state index < -0.39 is 0 Å². The van der Waals surface area contributed by atoms with Gasteiger partial charge in [0.25, 0.3) is 0 Å². The van der Waals surface area contributed by atoms with Crippen LogP contribution in [0, 0.1) is 0 Å². The van der Waals surface area contributed by atoms with E-state index in [0.29, 0.717) is 0 Å². The normalized spacial score (nSPS) is 9.64. The predicted octanol–water partition coefficient (Wildman–Crippen LogP) is 1.60. The molecule has 0 aliphatic carbocycles. The Morgan fingerprint density at radius 2 is 2.27 bits per heavy atom. The summed E-state index contributed by atoms with van der Waals surface area (Å²) >= 11 is 0. The SMILES string of the molecule is CB=Cc1cccc(OC)c1. The molecule has 0 bridgehead atoms. The van der Waals surface area contributed by atoms with Gasteiger partial charge in [-0.05, 0) is 0 Å². The van der Waals surface area contributed by atoms with Crippen LogP contribution >= 0.6 is 0 Å². The van der Waals surface area contributed by atoms with E-state index in [9.17, 15) is 0 Å². The van der Waals surface area contributed by atoms with Crippen LogP contribution in [-0.4, -0.2) is 20.0 Å². The van der Waals surface area contributed by atoms with Crippen molar-refractivity contribution in [2.24, 2.45) is 0 Å². The zero-order valence-corrected chi connectivity index (χ0v) is 6.87. The van der Waals surface area contributed by atoms with Gasteiger partial charge in [-0.2, -0.15) is 0 Å². The van der Waals surface area contributed by atoms with Gasteiger partial charge in [0.15, 0.2) is 0 Å². The molecule has 1 rings (SSSR count). The van der Waals surface area contributed by atoms with Crippen LogP contribution in [0.4, 0.5) is 0 Å². The van der Waals surface area contributed by atoms with E-state index in [0.717, 1.165) is 5.75 Å². The number of methoxy groups -OCH3 is 1. The second-order valence-electron chi connectivity index (χ2n) is 2.28. The Labute approximate surface area is 67.9 Å². The third kappa shape index (κ3) is 2.22. The number of hydrogen-bond donors (Lipinski definition) is 0. The van der Waals surface area contributed by atoms with E-state index in [1.807, 2.05) is 44.0 Å². The van der Waals surface area contributed by atoms with Gasteiger partial charge in [0, 0.05) is 0 Å². The molecule has 1 aromatic rings. The maximum absolute atomic E-state index is 5.07. The first-order valence-electron chi connectivity index (χ1n) is 3.63. The Hall–Kier alpha value is -1.05. The molecule has 2 heteroatoms. The minimum atomic E-state index is 0.903. The summed E-state index contributed by atoms with van der Waals surface area (Å²) in [6.45, 7) is 4.01. The molecule has 0 aromatic heterocycles. The standard InChI is InChI=1S/C9H11BO/c1-10-7-8-4-3-5-9(6-8)11-2/h3-7H,1-2H3. The summed E-state index contributed by atoms with van der Waals surface area (Å²) in [7, 11) is 1.68. The maximum atomic E-state index is 5.07. The molecule has 11 heavy (non-hydrogen) atoms. The fourth-order valence-corrected chi connectivity index (χ4v) is 0.938. The first-order chi connectivity index (χ1) is 5.36. The summed E-state index contributed by atoms with van der Waals surface area (Å²) in [6, 6.07) is 7.96. The van der Waals surface area contributed by atoms with E-state index in [2.05, 4.69) is 0 Å². The summed E-state index contributed by atoms with van der Waals surface area (Å²) in [5.41, 5.74) is 1.17. The van der Waals surface area contributed by atoms with E-state index in [4.69, 9.17) is 4.74 Å². The first-order valence-corrected chi connectivity index (χ1v) is 3.63. The third-order valence-corrected chi connectivity index (χ3v) is 1.45. The molecule has 56 valence electrons. The van der Waals surface area contributed by atoms with Crippen molar-refractivity contribution in [2.45, 2.75) is 6.82 Å². The van der Waals surface area contributed by atoms with Crippen LogP contribution in [0.1, 0.15) is 5.56 Å². The summed E-state index contributed by atoms with van der Waals surface area (Å²) in [6.07, 6.45) is 0. The number of rotatable bonds is 2. The first kappa shape index (κ1) is 8.06. The van der Waals surface area contributed by atoms with Gasteiger partial charge in [0.05, 0.1) is 0 Å². The summed E-state index contributed by atoms with van der Waals surface area (Å²) in [5, 5.41) is 0. The fourth-order valence-electron chi connectivity index (χ4n) is 0.938. The van der Waals surface area contributed by atoms with Gasteiger partial charge in [-0.1, -0.05) is 0 Å². The summed E-state index contributed by atoms with van der Waals surface area (Å²) in [5.74, 6) is 2.95. The van der Waals surface area contributed by atoms with Gasteiger partial charge >= 0.3 is 67.1 Å². The Balaban J connectivity index is 2.91. The Morgan fingerprint density at radius 1 is 1.45 bits per heavy atom. The average Bonchev–Trinajstić information content (AvgIpc) is 2.06. The van der Waals surface area contributed by atoms with Gasteiger partial charge in [-0.25, -0.2) is 0 Å². The third-order valence-electron chi connectivity index (χ3n) is 1.45.